The number of alkyl halides is 1. The van der Waals surface area contributed by atoms with E-state index >= 15 is 4.39 Å². The highest BCUT2D eigenvalue weighted by molar-refractivity contribution is 9.10. The van der Waals surface area contributed by atoms with Crippen molar-refractivity contribution in [1.82, 2.24) is 4.98 Å². The number of pyridine rings is 1. The molecule has 7 nitrogen and oxygen atoms in total. The second-order valence-corrected chi connectivity index (χ2v) is 11.9. The van der Waals surface area contributed by atoms with E-state index in [1.807, 2.05) is 19.1 Å². The van der Waals surface area contributed by atoms with Gasteiger partial charge in [-0.15, -0.1) is 0 Å². The fourth-order valence-corrected chi connectivity index (χ4v) is 7.91. The Hall–Kier alpha value is -1.94. The Bertz CT molecular complexity index is 1160. The monoisotopic (exact) mass is 562 g/mol. The molecule has 8 atom stereocenters. The number of carbonyl (C=O) groups is 1. The van der Waals surface area contributed by atoms with E-state index in [4.69, 9.17) is 4.84 Å². The smallest absolute Gasteiger partial charge is 0.190 e. The topological polar surface area (TPSA) is 112 Å². The van der Waals surface area contributed by atoms with Crippen LogP contribution in [-0.2, 0) is 16.2 Å². The molecule has 5 rings (SSSR count). The molecule has 0 radical (unpaired) electrons. The van der Waals surface area contributed by atoms with Gasteiger partial charge in [-0.25, -0.2) is 4.39 Å². The molecule has 194 valence electrons. The molecule has 4 aliphatic rings. The van der Waals surface area contributed by atoms with E-state index in [9.17, 15) is 20.1 Å². The summed E-state index contributed by atoms with van der Waals surface area (Å²) in [6, 6.07) is 1.89. The van der Waals surface area contributed by atoms with Gasteiger partial charge >= 0.3 is 0 Å². The lowest BCUT2D eigenvalue weighted by Gasteiger charge is -2.59. The molecule has 4 aliphatic carbocycles. The number of halogens is 2. The average Bonchev–Trinajstić information content (AvgIpc) is 3.10. The van der Waals surface area contributed by atoms with Gasteiger partial charge in [0.1, 0.15) is 24.5 Å². The van der Waals surface area contributed by atoms with Crippen molar-refractivity contribution in [2.24, 2.45) is 34.2 Å². The third kappa shape index (κ3) is 3.65. The van der Waals surface area contributed by atoms with Gasteiger partial charge in [-0.2, -0.15) is 0 Å². The first-order chi connectivity index (χ1) is 17.1. The van der Waals surface area contributed by atoms with Gasteiger partial charge in [0.25, 0.3) is 0 Å². The molecule has 1 aromatic rings. The van der Waals surface area contributed by atoms with Gasteiger partial charge in [0.05, 0.1) is 6.10 Å². The van der Waals surface area contributed by atoms with E-state index in [2.05, 4.69) is 26.1 Å². The lowest BCUT2D eigenvalue weighted by atomic mass is 9.48. The molecule has 0 saturated heterocycles. The number of Topliss-reactive ketones (excluding diaryl/α,β-unsaturated/α-hetero) is 1. The van der Waals surface area contributed by atoms with Crippen LogP contribution in [0.2, 0.25) is 0 Å². The highest BCUT2D eigenvalue weighted by Crippen LogP contribution is 2.66. The number of nitrogens with zero attached hydrogens (tertiary/aromatic N) is 2. The number of oxime groups is 1. The average molecular weight is 563 g/mol. The van der Waals surface area contributed by atoms with Crippen molar-refractivity contribution in [1.29, 1.82) is 0 Å². The fraction of sp³-hybridized carbons (Fsp3) is 0.593. The van der Waals surface area contributed by atoms with Crippen LogP contribution in [-0.4, -0.2) is 55.8 Å². The molecular weight excluding hydrogens is 531 g/mol. The summed E-state index contributed by atoms with van der Waals surface area (Å²) in [6.45, 7) is 3.08. The van der Waals surface area contributed by atoms with E-state index in [1.165, 1.54) is 0 Å². The van der Waals surface area contributed by atoms with Crippen LogP contribution in [0.1, 0.15) is 45.1 Å². The zero-order chi connectivity index (χ0) is 25.9. The predicted octanol–water partition coefficient (Wildman–Crippen LogP) is 3.67. The Kier molecular flexibility index (Phi) is 6.51. The van der Waals surface area contributed by atoms with Crippen LogP contribution in [0.5, 0.6) is 0 Å². The molecule has 3 fully saturated rings. The van der Waals surface area contributed by atoms with E-state index in [1.54, 1.807) is 31.5 Å². The van der Waals surface area contributed by atoms with Crippen molar-refractivity contribution in [3.63, 3.8) is 0 Å². The quantitative estimate of drug-likeness (QED) is 0.472. The second-order valence-electron chi connectivity index (χ2n) is 11.0. The lowest BCUT2D eigenvalue weighted by Crippen LogP contribution is -2.66. The number of carbonyl (C=O) groups excluding carboxylic acids is 1. The standard InChI is InChI=1S/C27H32BrFN2O5/c1-15-7-20-21-4-3-17-9-19(31-36-14-16-8-18(28)12-30-11-16)5-6-25(17,2)27(21,29)23(33)10-22(20)26(15,35)24(34)13-32/h5-6,8-9,11-12,15,20-23,32-33,35H,3-4,7,10,13-14H2,1-2H3/b31-19+/t15-,20+,21+,22?,23+,25+,26-,27+/m1/s1. The maximum Gasteiger partial charge on any atom is 0.190 e. The SMILES string of the molecule is C[C@@H]1C[C@@H]2C(C[C@H](O)[C@@]3(F)[C@H]2CCC2=C/C(=N/OCc4cncc(Br)c4)C=C[C@@]23C)[C@@]1(O)C(=O)CO. The Morgan fingerprint density at radius 3 is 2.83 bits per heavy atom. The minimum atomic E-state index is -1.95. The zero-order valence-corrected chi connectivity index (χ0v) is 22.0. The summed E-state index contributed by atoms with van der Waals surface area (Å²) in [7, 11) is 0. The summed E-state index contributed by atoms with van der Waals surface area (Å²) < 4.78 is 18.1. The molecule has 0 amide bonds. The fourth-order valence-electron chi connectivity index (χ4n) is 7.50. The predicted molar refractivity (Wildman–Crippen MR) is 134 cm³/mol. The number of hydrogen-bond donors (Lipinski definition) is 3. The third-order valence-corrected chi connectivity index (χ3v) is 9.76. The van der Waals surface area contributed by atoms with Crippen molar-refractivity contribution in [2.45, 2.75) is 63.5 Å². The molecule has 1 heterocycles. The molecular formula is C27H32BrFN2O5. The van der Waals surface area contributed by atoms with E-state index in [-0.39, 0.29) is 18.9 Å². The highest BCUT2D eigenvalue weighted by atomic mass is 79.9. The number of ketones is 1. The number of allylic oxidation sites excluding steroid dienone is 4. The largest absolute Gasteiger partial charge is 0.390 e. The van der Waals surface area contributed by atoms with Crippen LogP contribution in [0, 0.1) is 29.1 Å². The number of aliphatic hydroxyl groups excluding tert-OH is 2. The number of hydrogen-bond acceptors (Lipinski definition) is 7. The number of aromatic nitrogens is 1. The molecule has 0 aromatic carbocycles. The Morgan fingerprint density at radius 1 is 1.33 bits per heavy atom. The van der Waals surface area contributed by atoms with Crippen LogP contribution in [0.25, 0.3) is 0 Å². The molecule has 1 aromatic heterocycles. The van der Waals surface area contributed by atoms with Crippen molar-refractivity contribution < 1.29 is 29.3 Å². The number of fused-ring (bicyclic) bond motifs is 5. The third-order valence-electron chi connectivity index (χ3n) is 9.33. The first-order valence-corrected chi connectivity index (χ1v) is 13.3. The van der Waals surface area contributed by atoms with E-state index < -0.39 is 52.9 Å². The van der Waals surface area contributed by atoms with Crippen LogP contribution < -0.4 is 0 Å². The van der Waals surface area contributed by atoms with Crippen molar-refractivity contribution >= 4 is 27.4 Å². The Balaban J connectivity index is 1.39. The number of aliphatic hydroxyl groups is 3. The van der Waals surface area contributed by atoms with Crippen LogP contribution in [0.15, 0.2) is 51.9 Å². The van der Waals surface area contributed by atoms with Crippen LogP contribution in [0.4, 0.5) is 4.39 Å². The molecule has 0 bridgehead atoms. The summed E-state index contributed by atoms with van der Waals surface area (Å²) in [6.07, 6.45) is 8.96. The zero-order valence-electron chi connectivity index (χ0n) is 20.4. The summed E-state index contributed by atoms with van der Waals surface area (Å²) in [4.78, 5) is 22.2. The molecule has 0 aliphatic heterocycles. The van der Waals surface area contributed by atoms with Crippen molar-refractivity contribution in [3.05, 3.63) is 52.3 Å². The summed E-state index contributed by atoms with van der Waals surface area (Å²) in [5.41, 5.74) is -2.44. The van der Waals surface area contributed by atoms with Gasteiger partial charge in [0.15, 0.2) is 11.5 Å². The van der Waals surface area contributed by atoms with Gasteiger partial charge in [-0.05, 0) is 78.6 Å². The maximum absolute atomic E-state index is 17.2. The van der Waals surface area contributed by atoms with Gasteiger partial charge in [0, 0.05) is 39.7 Å². The molecule has 3 N–H and O–H groups in total. The maximum atomic E-state index is 17.2. The molecule has 36 heavy (non-hydrogen) atoms. The molecule has 0 spiro atoms. The first kappa shape index (κ1) is 25.7. The van der Waals surface area contributed by atoms with Gasteiger partial charge in [0.2, 0.25) is 0 Å². The lowest BCUT2D eigenvalue weighted by molar-refractivity contribution is -0.191. The Morgan fingerprint density at radius 2 is 2.11 bits per heavy atom. The molecule has 3 saturated carbocycles. The first-order valence-electron chi connectivity index (χ1n) is 12.5. The number of rotatable bonds is 5. The van der Waals surface area contributed by atoms with E-state index in [0.29, 0.717) is 25.0 Å². The minimum Gasteiger partial charge on any atom is -0.390 e. The van der Waals surface area contributed by atoms with Crippen LogP contribution >= 0.6 is 15.9 Å². The molecule has 1 unspecified atom stereocenters. The molecule has 9 heteroatoms. The normalized spacial score (nSPS) is 42.4. The minimum absolute atomic E-state index is 0.0221. The highest BCUT2D eigenvalue weighted by Gasteiger charge is 2.71. The van der Waals surface area contributed by atoms with Crippen LogP contribution in [0.3, 0.4) is 0 Å². The van der Waals surface area contributed by atoms with Gasteiger partial charge in [-0.1, -0.05) is 23.7 Å². The van der Waals surface area contributed by atoms with Crippen molar-refractivity contribution in [3.8, 4) is 0 Å². The summed E-state index contributed by atoms with van der Waals surface area (Å²) in [5.74, 6) is -2.39. The van der Waals surface area contributed by atoms with E-state index in [0.717, 1.165) is 15.6 Å². The summed E-state index contributed by atoms with van der Waals surface area (Å²) >= 11 is 3.38. The van der Waals surface area contributed by atoms with Gasteiger partial charge < -0.3 is 20.2 Å². The van der Waals surface area contributed by atoms with Gasteiger partial charge in [-0.3, -0.25) is 9.78 Å². The Labute approximate surface area is 218 Å². The summed E-state index contributed by atoms with van der Waals surface area (Å²) in [5, 5.41) is 36.3. The van der Waals surface area contributed by atoms with Crippen molar-refractivity contribution in [2.75, 3.05) is 6.61 Å². The second kappa shape index (κ2) is 9.11.